The lowest BCUT2D eigenvalue weighted by Gasteiger charge is -2.41. The summed E-state index contributed by atoms with van der Waals surface area (Å²) in [5.41, 5.74) is 1.78. The minimum atomic E-state index is 0.159. The standard InChI is InChI=1S/C25H27N5O2/c26-13-18-6-9-24(28-14-18)30-20-7-8-21(30)16-29(15-20)25(31)10-12-32-17-19-3-1-5-23-22(19)4-2-11-27-23/h1-6,9,11,14,20-23H,7-8,10,12,15-17H2. The molecule has 3 aliphatic heterocycles. The van der Waals surface area contributed by atoms with Crippen LogP contribution in [0.5, 0.6) is 0 Å². The second-order valence-electron chi connectivity index (χ2n) is 8.74. The molecular formula is C25H27N5O2. The largest absolute Gasteiger partial charge is 0.377 e. The minimum absolute atomic E-state index is 0.159. The summed E-state index contributed by atoms with van der Waals surface area (Å²) in [6.07, 6.45) is 16.4. The Hall–Kier alpha value is -3.24. The first kappa shape index (κ1) is 20.7. The lowest BCUT2D eigenvalue weighted by atomic mass is 9.86. The van der Waals surface area contributed by atoms with Gasteiger partial charge >= 0.3 is 0 Å². The number of nitrogens with zero attached hydrogens (tertiary/aromatic N) is 5. The van der Waals surface area contributed by atoms with Gasteiger partial charge in [-0.25, -0.2) is 4.98 Å². The van der Waals surface area contributed by atoms with Crippen LogP contribution < -0.4 is 4.90 Å². The minimum Gasteiger partial charge on any atom is -0.377 e. The number of carbonyl (C=O) groups is 1. The number of hydrogen-bond acceptors (Lipinski definition) is 6. The Morgan fingerprint density at radius 3 is 2.78 bits per heavy atom. The molecule has 4 atom stereocenters. The number of carbonyl (C=O) groups excluding carboxylic acids is 1. The molecule has 1 aromatic heterocycles. The zero-order chi connectivity index (χ0) is 21.9. The number of dihydropyridines is 1. The van der Waals surface area contributed by atoms with Crippen molar-refractivity contribution in [1.82, 2.24) is 9.88 Å². The number of likely N-dealkylation sites (tertiary alicyclic amines) is 1. The van der Waals surface area contributed by atoms with Gasteiger partial charge in [0.05, 0.1) is 31.2 Å². The van der Waals surface area contributed by atoms with Crippen LogP contribution in [0, 0.1) is 17.2 Å². The van der Waals surface area contributed by atoms with Crippen LogP contribution >= 0.6 is 0 Å². The van der Waals surface area contributed by atoms with Gasteiger partial charge in [0.1, 0.15) is 11.9 Å². The van der Waals surface area contributed by atoms with Crippen LogP contribution in [-0.4, -0.2) is 66.4 Å². The van der Waals surface area contributed by atoms with Crippen molar-refractivity contribution in [1.29, 1.82) is 5.26 Å². The number of piperazine rings is 1. The number of aromatic nitrogens is 1. The molecule has 0 spiro atoms. The molecule has 2 saturated heterocycles. The molecule has 1 aliphatic carbocycles. The number of rotatable bonds is 6. The molecule has 1 aromatic rings. The fraction of sp³-hybridized carbons (Fsp3) is 0.440. The van der Waals surface area contributed by atoms with E-state index in [1.54, 1.807) is 6.20 Å². The first-order valence-corrected chi connectivity index (χ1v) is 11.3. The second kappa shape index (κ2) is 9.09. The molecule has 4 heterocycles. The van der Waals surface area contributed by atoms with Crippen LogP contribution in [0.1, 0.15) is 24.8 Å². The highest BCUT2D eigenvalue weighted by Crippen LogP contribution is 2.34. The molecule has 4 unspecified atom stereocenters. The Kier molecular flexibility index (Phi) is 5.87. The molecule has 0 saturated carbocycles. The third-order valence-electron chi connectivity index (χ3n) is 6.78. The molecule has 32 heavy (non-hydrogen) atoms. The maximum atomic E-state index is 12.8. The quantitative estimate of drug-likeness (QED) is 0.650. The Morgan fingerprint density at radius 1 is 1.19 bits per heavy atom. The molecule has 164 valence electrons. The summed E-state index contributed by atoms with van der Waals surface area (Å²) in [7, 11) is 0. The number of pyridine rings is 1. The van der Waals surface area contributed by atoms with Crippen LogP contribution in [0.3, 0.4) is 0 Å². The first-order valence-electron chi connectivity index (χ1n) is 11.3. The Bertz CT molecular complexity index is 1010. The van der Waals surface area contributed by atoms with E-state index in [0.717, 1.165) is 31.7 Å². The summed E-state index contributed by atoms with van der Waals surface area (Å²) in [6.45, 7) is 2.40. The zero-order valence-electron chi connectivity index (χ0n) is 18.0. The summed E-state index contributed by atoms with van der Waals surface area (Å²) in [5, 5.41) is 8.99. The maximum absolute atomic E-state index is 12.8. The topological polar surface area (TPSA) is 81.8 Å². The Morgan fingerprint density at radius 2 is 2.03 bits per heavy atom. The average Bonchev–Trinajstić information content (AvgIpc) is 3.10. The van der Waals surface area contributed by atoms with Gasteiger partial charge in [-0.05, 0) is 36.6 Å². The molecule has 5 rings (SSSR count). The number of ether oxygens (including phenoxy) is 1. The predicted molar refractivity (Wildman–Crippen MR) is 122 cm³/mol. The van der Waals surface area contributed by atoms with Crippen molar-refractivity contribution in [2.45, 2.75) is 37.4 Å². The van der Waals surface area contributed by atoms with Crippen molar-refractivity contribution in [3.05, 3.63) is 59.8 Å². The van der Waals surface area contributed by atoms with Crippen molar-refractivity contribution in [3.8, 4) is 6.07 Å². The van der Waals surface area contributed by atoms with Crippen LogP contribution in [0.2, 0.25) is 0 Å². The van der Waals surface area contributed by atoms with E-state index in [1.165, 1.54) is 5.57 Å². The Balaban J connectivity index is 1.11. The summed E-state index contributed by atoms with van der Waals surface area (Å²) in [4.78, 5) is 26.1. The molecule has 0 N–H and O–H groups in total. The highest BCUT2D eigenvalue weighted by Gasteiger charge is 2.41. The van der Waals surface area contributed by atoms with Crippen molar-refractivity contribution < 1.29 is 9.53 Å². The van der Waals surface area contributed by atoms with E-state index in [-0.39, 0.29) is 30.0 Å². The lowest BCUT2D eigenvalue weighted by Crippen LogP contribution is -2.55. The highest BCUT2D eigenvalue weighted by atomic mass is 16.5. The molecular weight excluding hydrogens is 402 g/mol. The number of hydrogen-bond donors (Lipinski definition) is 0. The monoisotopic (exact) mass is 429 g/mol. The fourth-order valence-electron chi connectivity index (χ4n) is 5.18. The Labute approximate surface area is 188 Å². The third kappa shape index (κ3) is 4.11. The molecule has 4 aliphatic rings. The normalized spacial score (nSPS) is 27.8. The van der Waals surface area contributed by atoms with Gasteiger partial charge < -0.3 is 14.5 Å². The van der Waals surface area contributed by atoms with Gasteiger partial charge in [0.2, 0.25) is 5.91 Å². The molecule has 0 aromatic carbocycles. The molecule has 2 bridgehead atoms. The van der Waals surface area contributed by atoms with E-state index >= 15 is 0 Å². The average molecular weight is 430 g/mol. The van der Waals surface area contributed by atoms with Crippen molar-refractivity contribution in [2.75, 3.05) is 31.2 Å². The van der Waals surface area contributed by atoms with E-state index < -0.39 is 0 Å². The number of nitriles is 1. The second-order valence-corrected chi connectivity index (χ2v) is 8.74. The first-order chi connectivity index (χ1) is 15.7. The zero-order valence-corrected chi connectivity index (χ0v) is 18.0. The molecule has 0 radical (unpaired) electrons. The number of aliphatic imine (C=N–C) groups is 1. The number of anilines is 1. The molecule has 7 heteroatoms. The van der Waals surface area contributed by atoms with Gasteiger partial charge in [-0.1, -0.05) is 24.3 Å². The van der Waals surface area contributed by atoms with Gasteiger partial charge in [0.15, 0.2) is 0 Å². The highest BCUT2D eigenvalue weighted by molar-refractivity contribution is 5.77. The van der Waals surface area contributed by atoms with E-state index in [2.05, 4.69) is 39.2 Å². The predicted octanol–water partition coefficient (Wildman–Crippen LogP) is 2.66. The van der Waals surface area contributed by atoms with Crippen molar-refractivity contribution in [3.63, 3.8) is 0 Å². The van der Waals surface area contributed by atoms with E-state index in [9.17, 15) is 4.79 Å². The third-order valence-corrected chi connectivity index (χ3v) is 6.78. The SMILES string of the molecule is N#Cc1ccc(N2C3CCC2CN(C(=O)CCOCC2=CC=CC4N=CC=CC24)C3)nc1. The fourth-order valence-corrected chi connectivity index (χ4v) is 5.18. The van der Waals surface area contributed by atoms with Crippen molar-refractivity contribution in [2.24, 2.45) is 10.9 Å². The van der Waals surface area contributed by atoms with Gasteiger partial charge in [0, 0.05) is 43.5 Å². The van der Waals surface area contributed by atoms with E-state index in [4.69, 9.17) is 10.00 Å². The summed E-state index contributed by atoms with van der Waals surface area (Å²) in [5.74, 6) is 1.33. The summed E-state index contributed by atoms with van der Waals surface area (Å²) in [6, 6.07) is 6.58. The van der Waals surface area contributed by atoms with Gasteiger partial charge in [0.25, 0.3) is 0 Å². The van der Waals surface area contributed by atoms with Gasteiger partial charge in [-0.15, -0.1) is 0 Å². The molecule has 7 nitrogen and oxygen atoms in total. The maximum Gasteiger partial charge on any atom is 0.225 e. The van der Waals surface area contributed by atoms with Gasteiger partial charge in [-0.3, -0.25) is 9.79 Å². The molecule has 2 fully saturated rings. The van der Waals surface area contributed by atoms with Crippen molar-refractivity contribution >= 4 is 17.9 Å². The van der Waals surface area contributed by atoms with Crippen LogP contribution in [0.25, 0.3) is 0 Å². The summed E-state index contributed by atoms with van der Waals surface area (Å²) >= 11 is 0. The lowest BCUT2D eigenvalue weighted by molar-refractivity contribution is -0.133. The molecule has 1 amide bonds. The number of amides is 1. The van der Waals surface area contributed by atoms with Crippen LogP contribution in [0.15, 0.2) is 59.3 Å². The van der Waals surface area contributed by atoms with E-state index in [0.29, 0.717) is 25.2 Å². The smallest absolute Gasteiger partial charge is 0.225 e. The number of allylic oxidation sites excluding steroid dienone is 3. The number of fused-ring (bicyclic) bond motifs is 3. The summed E-state index contributed by atoms with van der Waals surface area (Å²) < 4.78 is 5.88. The van der Waals surface area contributed by atoms with Gasteiger partial charge in [-0.2, -0.15) is 5.26 Å². The van der Waals surface area contributed by atoms with Crippen LogP contribution in [0.4, 0.5) is 5.82 Å². The van der Waals surface area contributed by atoms with Crippen LogP contribution in [-0.2, 0) is 9.53 Å². The van der Waals surface area contributed by atoms with E-state index in [1.807, 2.05) is 35.4 Å².